The summed E-state index contributed by atoms with van der Waals surface area (Å²) in [6, 6.07) is 0. The van der Waals surface area contributed by atoms with Gasteiger partial charge in [-0.25, -0.2) is 0 Å². The first kappa shape index (κ1) is 10.9. The van der Waals surface area contributed by atoms with Gasteiger partial charge in [-0.2, -0.15) is 0 Å². The number of likely N-dealkylation sites (tertiary alicyclic amines) is 1. The van der Waals surface area contributed by atoms with Crippen molar-refractivity contribution in [1.82, 2.24) is 4.90 Å². The number of hydrogen-bond donors (Lipinski definition) is 1. The summed E-state index contributed by atoms with van der Waals surface area (Å²) in [6.45, 7) is 4.57. The van der Waals surface area contributed by atoms with Crippen molar-refractivity contribution in [3.8, 4) is 0 Å². The van der Waals surface area contributed by atoms with Gasteiger partial charge in [0.05, 0.1) is 11.4 Å². The van der Waals surface area contributed by atoms with Crippen LogP contribution >= 0.6 is 11.8 Å². The minimum atomic E-state index is -0.344. The van der Waals surface area contributed by atoms with Crippen LogP contribution in [0.4, 0.5) is 0 Å². The van der Waals surface area contributed by atoms with Gasteiger partial charge < -0.3 is 10.0 Å². The molecule has 1 amide bonds. The second-order valence-electron chi connectivity index (χ2n) is 3.62. The molecule has 13 heavy (non-hydrogen) atoms. The Kier molecular flexibility index (Phi) is 3.62. The number of aliphatic hydroxyl groups is 1. The smallest absolute Gasteiger partial charge is 0.235 e. The van der Waals surface area contributed by atoms with Crippen molar-refractivity contribution in [2.45, 2.75) is 36.9 Å². The third-order valence-electron chi connectivity index (χ3n) is 2.44. The molecule has 3 nitrogen and oxygen atoms in total. The number of nitrogens with zero attached hydrogens (tertiary/aromatic N) is 1. The van der Waals surface area contributed by atoms with Gasteiger partial charge in [0.15, 0.2) is 0 Å². The van der Waals surface area contributed by atoms with Crippen LogP contribution in [0.1, 0.15) is 20.3 Å². The predicted octanol–water partition coefficient (Wildman–Crippen LogP) is 0.720. The average Bonchev–Trinajstić information content (AvgIpc) is 2.36. The minimum absolute atomic E-state index is 0.0644. The van der Waals surface area contributed by atoms with Crippen LogP contribution in [0.3, 0.4) is 0 Å². The third-order valence-corrected chi connectivity index (χ3v) is 4.03. The molecule has 0 aromatic carbocycles. The maximum Gasteiger partial charge on any atom is 0.235 e. The molecule has 0 spiro atoms. The van der Waals surface area contributed by atoms with Gasteiger partial charge in [0.25, 0.3) is 0 Å². The summed E-state index contributed by atoms with van der Waals surface area (Å²) >= 11 is 1.59. The van der Waals surface area contributed by atoms with E-state index in [1.807, 2.05) is 14.0 Å². The summed E-state index contributed by atoms with van der Waals surface area (Å²) < 4.78 is 0. The Labute approximate surface area is 83.5 Å². The van der Waals surface area contributed by atoms with E-state index >= 15 is 0 Å². The number of hydrogen-bond acceptors (Lipinski definition) is 3. The maximum absolute atomic E-state index is 11.5. The summed E-state index contributed by atoms with van der Waals surface area (Å²) in [4.78, 5) is 13.2. The number of aliphatic hydroxyl groups excluding tert-OH is 1. The molecule has 0 radical (unpaired) electrons. The molecule has 0 aromatic heterocycles. The topological polar surface area (TPSA) is 40.5 Å². The Morgan fingerprint density at radius 3 is 2.62 bits per heavy atom. The van der Waals surface area contributed by atoms with Crippen molar-refractivity contribution in [3.63, 3.8) is 0 Å². The van der Waals surface area contributed by atoms with E-state index in [0.29, 0.717) is 0 Å². The molecule has 0 aromatic rings. The molecule has 1 rings (SSSR count). The fourth-order valence-electron chi connectivity index (χ4n) is 1.29. The standard InChI is InChI=1S/C9H17NO2S/c1-6(11)7(2)13-8-4-5-10(3)9(8)12/h6-8,11H,4-5H2,1-3H3. The van der Waals surface area contributed by atoms with E-state index in [2.05, 4.69) is 0 Å². The van der Waals surface area contributed by atoms with Crippen molar-refractivity contribution in [3.05, 3.63) is 0 Å². The van der Waals surface area contributed by atoms with Gasteiger partial charge in [-0.3, -0.25) is 4.79 Å². The van der Waals surface area contributed by atoms with Crippen molar-refractivity contribution >= 4 is 17.7 Å². The Morgan fingerprint density at radius 2 is 2.23 bits per heavy atom. The Bertz CT molecular complexity index is 196. The van der Waals surface area contributed by atoms with Gasteiger partial charge in [-0.15, -0.1) is 11.8 Å². The second kappa shape index (κ2) is 4.33. The number of carbonyl (C=O) groups excluding carboxylic acids is 1. The monoisotopic (exact) mass is 203 g/mol. The molecule has 1 aliphatic heterocycles. The van der Waals surface area contributed by atoms with Crippen LogP contribution in [0, 0.1) is 0 Å². The van der Waals surface area contributed by atoms with Crippen LogP contribution in [0.5, 0.6) is 0 Å². The fraction of sp³-hybridized carbons (Fsp3) is 0.889. The largest absolute Gasteiger partial charge is 0.392 e. The minimum Gasteiger partial charge on any atom is -0.392 e. The zero-order valence-electron chi connectivity index (χ0n) is 8.36. The quantitative estimate of drug-likeness (QED) is 0.735. The van der Waals surface area contributed by atoms with E-state index < -0.39 is 0 Å². The van der Waals surface area contributed by atoms with Crippen LogP contribution in [-0.4, -0.2) is 46.1 Å². The first-order chi connectivity index (χ1) is 6.02. The number of thioether (sulfide) groups is 1. The Balaban J connectivity index is 2.42. The Hall–Kier alpha value is -0.220. The molecule has 0 saturated carbocycles. The van der Waals surface area contributed by atoms with E-state index in [4.69, 9.17) is 0 Å². The van der Waals surface area contributed by atoms with E-state index in [1.54, 1.807) is 23.6 Å². The zero-order chi connectivity index (χ0) is 10.0. The van der Waals surface area contributed by atoms with Crippen LogP contribution < -0.4 is 0 Å². The first-order valence-electron chi connectivity index (χ1n) is 4.61. The average molecular weight is 203 g/mol. The van der Waals surface area contributed by atoms with Crippen molar-refractivity contribution in [1.29, 1.82) is 0 Å². The highest BCUT2D eigenvalue weighted by molar-refractivity contribution is 8.01. The van der Waals surface area contributed by atoms with Crippen LogP contribution in [0.2, 0.25) is 0 Å². The molecular formula is C9H17NO2S. The number of amides is 1. The van der Waals surface area contributed by atoms with Crippen LogP contribution in [0.15, 0.2) is 0 Å². The van der Waals surface area contributed by atoms with E-state index in [1.165, 1.54) is 0 Å². The van der Waals surface area contributed by atoms with E-state index in [9.17, 15) is 9.90 Å². The van der Waals surface area contributed by atoms with Crippen molar-refractivity contribution in [2.24, 2.45) is 0 Å². The highest BCUT2D eigenvalue weighted by atomic mass is 32.2. The molecule has 0 aliphatic carbocycles. The van der Waals surface area contributed by atoms with Crippen LogP contribution in [0.25, 0.3) is 0 Å². The van der Waals surface area contributed by atoms with Gasteiger partial charge in [-0.05, 0) is 13.3 Å². The highest BCUT2D eigenvalue weighted by Crippen LogP contribution is 2.28. The summed E-state index contributed by atoms with van der Waals surface area (Å²) in [6.07, 6.45) is 0.570. The maximum atomic E-state index is 11.5. The Morgan fingerprint density at radius 1 is 1.62 bits per heavy atom. The fourth-order valence-corrected chi connectivity index (χ4v) is 2.57. The summed E-state index contributed by atoms with van der Waals surface area (Å²) in [5.74, 6) is 0.206. The number of rotatable bonds is 3. The molecule has 4 heteroatoms. The van der Waals surface area contributed by atoms with Crippen LogP contribution in [-0.2, 0) is 4.79 Å². The van der Waals surface area contributed by atoms with Gasteiger partial charge in [0.2, 0.25) is 5.91 Å². The summed E-state index contributed by atoms with van der Waals surface area (Å²) in [5.41, 5.74) is 0. The molecule has 3 atom stereocenters. The molecule has 1 fully saturated rings. The van der Waals surface area contributed by atoms with Crippen molar-refractivity contribution in [2.75, 3.05) is 13.6 Å². The molecule has 1 saturated heterocycles. The zero-order valence-corrected chi connectivity index (χ0v) is 9.17. The van der Waals surface area contributed by atoms with Gasteiger partial charge in [0, 0.05) is 18.8 Å². The third kappa shape index (κ3) is 2.61. The lowest BCUT2D eigenvalue weighted by atomic mass is 10.3. The summed E-state index contributed by atoms with van der Waals surface area (Å²) in [5, 5.41) is 9.49. The lowest BCUT2D eigenvalue weighted by Gasteiger charge is -2.17. The SMILES string of the molecule is CC(O)C(C)SC1CCN(C)C1=O. The second-order valence-corrected chi connectivity index (χ2v) is 5.20. The number of carbonyl (C=O) groups is 1. The van der Waals surface area contributed by atoms with Gasteiger partial charge in [0.1, 0.15) is 0 Å². The molecule has 1 N–H and O–H groups in total. The highest BCUT2D eigenvalue weighted by Gasteiger charge is 2.31. The lowest BCUT2D eigenvalue weighted by Crippen LogP contribution is -2.27. The van der Waals surface area contributed by atoms with E-state index in [-0.39, 0.29) is 22.5 Å². The summed E-state index contributed by atoms with van der Waals surface area (Å²) in [7, 11) is 1.83. The van der Waals surface area contributed by atoms with Gasteiger partial charge >= 0.3 is 0 Å². The molecule has 1 aliphatic rings. The first-order valence-corrected chi connectivity index (χ1v) is 5.55. The van der Waals surface area contributed by atoms with E-state index in [0.717, 1.165) is 13.0 Å². The normalized spacial score (nSPS) is 27.8. The molecule has 1 heterocycles. The molecule has 0 bridgehead atoms. The van der Waals surface area contributed by atoms with Crippen molar-refractivity contribution < 1.29 is 9.90 Å². The van der Waals surface area contributed by atoms with Gasteiger partial charge in [-0.1, -0.05) is 6.92 Å². The predicted molar refractivity (Wildman–Crippen MR) is 54.8 cm³/mol. The molecule has 76 valence electrons. The molecule has 3 unspecified atom stereocenters. The molecular weight excluding hydrogens is 186 g/mol. The lowest BCUT2D eigenvalue weighted by molar-refractivity contribution is -0.126.